The molecule has 1 aromatic rings. The van der Waals surface area contributed by atoms with Crippen LogP contribution in [0.25, 0.3) is 0 Å². The maximum atomic E-state index is 5.88. The molecule has 0 aliphatic carbocycles. The third-order valence-electron chi connectivity index (χ3n) is 2.74. The van der Waals surface area contributed by atoms with E-state index in [0.29, 0.717) is 11.2 Å². The molecule has 5 heteroatoms. The number of rotatable bonds is 2. The summed E-state index contributed by atoms with van der Waals surface area (Å²) in [7, 11) is 0. The summed E-state index contributed by atoms with van der Waals surface area (Å²) in [6, 6.07) is 0.346. The summed E-state index contributed by atoms with van der Waals surface area (Å²) in [6.07, 6.45) is 1.02. The lowest BCUT2D eigenvalue weighted by Gasteiger charge is -2.14. The molecule has 0 radical (unpaired) electrons. The Morgan fingerprint density at radius 1 is 1.33 bits per heavy atom. The van der Waals surface area contributed by atoms with Gasteiger partial charge in [0.15, 0.2) is 11.0 Å². The largest absolute Gasteiger partial charge is 0.379 e. The summed E-state index contributed by atoms with van der Waals surface area (Å²) in [5.41, 5.74) is 2.04. The number of hydrogen-bond donors (Lipinski definition) is 1. The van der Waals surface area contributed by atoms with Crippen molar-refractivity contribution in [2.45, 2.75) is 26.3 Å². The van der Waals surface area contributed by atoms with Crippen LogP contribution >= 0.6 is 11.6 Å². The van der Waals surface area contributed by atoms with Crippen molar-refractivity contribution < 1.29 is 4.74 Å². The minimum absolute atomic E-state index is 0.346. The number of nitrogens with zero attached hydrogens (tertiary/aromatic N) is 2. The fourth-order valence-electron chi connectivity index (χ4n) is 1.56. The highest BCUT2D eigenvalue weighted by Gasteiger charge is 2.17. The van der Waals surface area contributed by atoms with E-state index < -0.39 is 0 Å². The molecule has 2 rings (SSSR count). The molecule has 1 aliphatic heterocycles. The predicted octanol–water partition coefficient (Wildman–Crippen LogP) is 1.95. The molecule has 1 saturated heterocycles. The first-order valence-corrected chi connectivity index (χ1v) is 5.40. The van der Waals surface area contributed by atoms with Crippen LogP contribution in [0.1, 0.15) is 17.5 Å². The zero-order valence-corrected chi connectivity index (χ0v) is 9.64. The molecule has 1 unspecified atom stereocenters. The number of nitrogens with one attached hydrogen (secondary N) is 1. The molecule has 0 bridgehead atoms. The van der Waals surface area contributed by atoms with Crippen LogP contribution in [-0.4, -0.2) is 29.5 Å². The Hall–Kier alpha value is -0.870. The summed E-state index contributed by atoms with van der Waals surface area (Å²) < 4.78 is 5.29. The lowest BCUT2D eigenvalue weighted by molar-refractivity contribution is 0.195. The van der Waals surface area contributed by atoms with Crippen molar-refractivity contribution in [2.24, 2.45) is 0 Å². The number of hydrogen-bond acceptors (Lipinski definition) is 4. The van der Waals surface area contributed by atoms with Gasteiger partial charge in [0, 0.05) is 6.61 Å². The third-order valence-corrected chi connectivity index (χ3v) is 3.09. The molecule has 0 aromatic carbocycles. The molecule has 15 heavy (non-hydrogen) atoms. The van der Waals surface area contributed by atoms with Gasteiger partial charge in [-0.2, -0.15) is 0 Å². The van der Waals surface area contributed by atoms with Crippen LogP contribution in [0.4, 0.5) is 5.82 Å². The zero-order chi connectivity index (χ0) is 10.8. The second-order valence-corrected chi connectivity index (χ2v) is 4.15. The van der Waals surface area contributed by atoms with Gasteiger partial charge in [-0.3, -0.25) is 0 Å². The second kappa shape index (κ2) is 4.33. The molecular weight excluding hydrogens is 214 g/mol. The summed E-state index contributed by atoms with van der Waals surface area (Å²) in [5.74, 6) is 0.812. The number of ether oxygens (including phenoxy) is 1. The van der Waals surface area contributed by atoms with Gasteiger partial charge in [0.1, 0.15) is 0 Å². The third kappa shape index (κ3) is 2.21. The average Bonchev–Trinajstić information content (AvgIpc) is 2.72. The van der Waals surface area contributed by atoms with E-state index in [1.165, 1.54) is 0 Å². The topological polar surface area (TPSA) is 47.0 Å². The van der Waals surface area contributed by atoms with Crippen LogP contribution in [0, 0.1) is 13.8 Å². The van der Waals surface area contributed by atoms with Crippen molar-refractivity contribution in [3.63, 3.8) is 0 Å². The molecule has 1 N–H and O–H groups in total. The molecule has 1 atom stereocenters. The lowest BCUT2D eigenvalue weighted by Crippen LogP contribution is -2.21. The first-order chi connectivity index (χ1) is 7.18. The fourth-order valence-corrected chi connectivity index (χ4v) is 1.73. The minimum Gasteiger partial charge on any atom is -0.379 e. The minimum atomic E-state index is 0.346. The molecule has 1 aliphatic rings. The van der Waals surface area contributed by atoms with Crippen molar-refractivity contribution in [3.8, 4) is 0 Å². The van der Waals surface area contributed by atoms with E-state index in [0.717, 1.165) is 36.6 Å². The van der Waals surface area contributed by atoms with E-state index in [1.54, 1.807) is 0 Å². The highest BCUT2D eigenvalue weighted by atomic mass is 35.5. The molecule has 0 amide bonds. The normalized spacial score (nSPS) is 20.6. The van der Waals surface area contributed by atoms with E-state index in [2.05, 4.69) is 15.5 Å². The molecule has 4 nitrogen and oxygen atoms in total. The van der Waals surface area contributed by atoms with Crippen molar-refractivity contribution in [1.29, 1.82) is 0 Å². The van der Waals surface area contributed by atoms with Crippen LogP contribution in [0.2, 0.25) is 5.15 Å². The SMILES string of the molecule is Cc1c(Cl)nnc(NC2CCOC2)c1C. The van der Waals surface area contributed by atoms with Gasteiger partial charge in [0.2, 0.25) is 0 Å². The van der Waals surface area contributed by atoms with E-state index >= 15 is 0 Å². The Morgan fingerprint density at radius 2 is 2.13 bits per heavy atom. The van der Waals surface area contributed by atoms with E-state index in [-0.39, 0.29) is 0 Å². The summed E-state index contributed by atoms with van der Waals surface area (Å²) in [5, 5.41) is 11.7. The van der Waals surface area contributed by atoms with Crippen LogP contribution < -0.4 is 5.32 Å². The van der Waals surface area contributed by atoms with Crippen LogP contribution in [0.3, 0.4) is 0 Å². The zero-order valence-electron chi connectivity index (χ0n) is 8.88. The van der Waals surface area contributed by atoms with Crippen molar-refractivity contribution in [1.82, 2.24) is 10.2 Å². The molecule has 2 heterocycles. The first kappa shape index (κ1) is 10.6. The van der Waals surface area contributed by atoms with Crippen molar-refractivity contribution >= 4 is 17.4 Å². The Morgan fingerprint density at radius 3 is 2.80 bits per heavy atom. The molecule has 0 saturated carbocycles. The smallest absolute Gasteiger partial charge is 0.155 e. The highest BCUT2D eigenvalue weighted by Crippen LogP contribution is 2.22. The Balaban J connectivity index is 2.17. The standard InChI is InChI=1S/C10H14ClN3O/c1-6-7(2)10(14-13-9(6)11)12-8-3-4-15-5-8/h8H,3-5H2,1-2H3,(H,12,14). The summed E-state index contributed by atoms with van der Waals surface area (Å²) in [6.45, 7) is 5.50. The van der Waals surface area contributed by atoms with Crippen LogP contribution in [-0.2, 0) is 4.74 Å². The summed E-state index contributed by atoms with van der Waals surface area (Å²) >= 11 is 5.88. The van der Waals surface area contributed by atoms with Crippen LogP contribution in [0.15, 0.2) is 0 Å². The Labute approximate surface area is 94.0 Å². The van der Waals surface area contributed by atoms with Gasteiger partial charge in [-0.25, -0.2) is 0 Å². The number of halogens is 1. The molecular formula is C10H14ClN3O. The van der Waals surface area contributed by atoms with Gasteiger partial charge in [-0.1, -0.05) is 11.6 Å². The second-order valence-electron chi connectivity index (χ2n) is 3.79. The van der Waals surface area contributed by atoms with Gasteiger partial charge in [0.25, 0.3) is 0 Å². The van der Waals surface area contributed by atoms with E-state index in [4.69, 9.17) is 16.3 Å². The monoisotopic (exact) mass is 227 g/mol. The highest BCUT2D eigenvalue weighted by molar-refractivity contribution is 6.30. The van der Waals surface area contributed by atoms with E-state index in [9.17, 15) is 0 Å². The molecule has 1 fully saturated rings. The average molecular weight is 228 g/mol. The lowest BCUT2D eigenvalue weighted by atomic mass is 10.2. The number of aromatic nitrogens is 2. The molecule has 1 aromatic heterocycles. The number of anilines is 1. The van der Waals surface area contributed by atoms with Crippen molar-refractivity contribution in [3.05, 3.63) is 16.3 Å². The van der Waals surface area contributed by atoms with Gasteiger partial charge in [-0.15, -0.1) is 10.2 Å². The van der Waals surface area contributed by atoms with Crippen molar-refractivity contribution in [2.75, 3.05) is 18.5 Å². The van der Waals surface area contributed by atoms with Gasteiger partial charge >= 0.3 is 0 Å². The van der Waals surface area contributed by atoms with Gasteiger partial charge in [0.05, 0.1) is 12.6 Å². The quantitative estimate of drug-likeness (QED) is 0.839. The predicted molar refractivity (Wildman–Crippen MR) is 59.4 cm³/mol. The van der Waals surface area contributed by atoms with Crippen LogP contribution in [0.5, 0.6) is 0 Å². The molecule has 82 valence electrons. The van der Waals surface area contributed by atoms with Gasteiger partial charge < -0.3 is 10.1 Å². The maximum absolute atomic E-state index is 5.88. The fraction of sp³-hybridized carbons (Fsp3) is 0.600. The Kier molecular flexibility index (Phi) is 3.07. The first-order valence-electron chi connectivity index (χ1n) is 5.02. The summed E-state index contributed by atoms with van der Waals surface area (Å²) in [4.78, 5) is 0. The Bertz CT molecular complexity index is 364. The van der Waals surface area contributed by atoms with E-state index in [1.807, 2.05) is 13.8 Å². The van der Waals surface area contributed by atoms with Gasteiger partial charge in [-0.05, 0) is 31.4 Å². The molecule has 0 spiro atoms. The maximum Gasteiger partial charge on any atom is 0.155 e.